The predicted octanol–water partition coefficient (Wildman–Crippen LogP) is 4.45. The summed E-state index contributed by atoms with van der Waals surface area (Å²) in [5.41, 5.74) is 12.8. The molecule has 0 spiro atoms. The van der Waals surface area contributed by atoms with Crippen LogP contribution in [0.5, 0.6) is 0 Å². The second-order valence-corrected chi connectivity index (χ2v) is 10.7. The minimum atomic E-state index is -4.68. The summed E-state index contributed by atoms with van der Waals surface area (Å²) in [6.45, 7) is 3.96. The molecule has 1 fully saturated rings. The number of nitrogens with two attached hydrogens (primary N) is 1. The second-order valence-electron chi connectivity index (χ2n) is 9.29. The van der Waals surface area contributed by atoms with Crippen LogP contribution in [-0.4, -0.2) is 52.2 Å². The maximum absolute atomic E-state index is 13.3. The van der Waals surface area contributed by atoms with E-state index in [-0.39, 0.29) is 18.6 Å². The molecule has 0 saturated carbocycles. The fourth-order valence-corrected chi connectivity index (χ4v) is 5.93. The number of rotatable bonds is 5. The van der Waals surface area contributed by atoms with Crippen molar-refractivity contribution in [3.05, 3.63) is 82.9 Å². The maximum atomic E-state index is 13.3. The van der Waals surface area contributed by atoms with Crippen molar-refractivity contribution in [2.75, 3.05) is 43.4 Å². The summed E-state index contributed by atoms with van der Waals surface area (Å²) < 4.78 is 41.5. The highest BCUT2D eigenvalue weighted by Gasteiger charge is 2.30. The second kappa shape index (κ2) is 9.46. The van der Waals surface area contributed by atoms with Crippen LogP contribution in [0.25, 0.3) is 11.1 Å². The van der Waals surface area contributed by atoms with Gasteiger partial charge in [0.25, 0.3) is 0 Å². The predicted molar refractivity (Wildman–Crippen MR) is 138 cm³/mol. The van der Waals surface area contributed by atoms with E-state index in [0.717, 1.165) is 5.69 Å². The normalized spacial score (nSPS) is 15.5. The molecule has 0 atom stereocenters. The molecular weight excluding hydrogens is 481 g/mol. The Morgan fingerprint density at radius 3 is 2.17 bits per heavy atom. The van der Waals surface area contributed by atoms with Gasteiger partial charge in [0.2, 0.25) is 0 Å². The summed E-state index contributed by atoms with van der Waals surface area (Å²) in [5, 5.41) is 0. The fraction of sp³-hybridized carbons (Fsp3) is 0.296. The van der Waals surface area contributed by atoms with Crippen LogP contribution in [-0.2, 0) is 20.7 Å². The Hall–Kier alpha value is -3.59. The van der Waals surface area contributed by atoms with E-state index in [2.05, 4.69) is 24.3 Å². The maximum Gasteiger partial charge on any atom is 0.409 e. The molecule has 7 nitrogen and oxygen atoms in total. The molecule has 2 aliphatic rings. The van der Waals surface area contributed by atoms with E-state index in [1.807, 2.05) is 29.2 Å². The molecule has 36 heavy (non-hydrogen) atoms. The van der Waals surface area contributed by atoms with Crippen LogP contribution in [0.1, 0.15) is 28.2 Å². The summed E-state index contributed by atoms with van der Waals surface area (Å²) in [6, 6.07) is 19.7. The van der Waals surface area contributed by atoms with Crippen molar-refractivity contribution in [3.8, 4) is 11.1 Å². The zero-order valence-corrected chi connectivity index (χ0v) is 20.8. The molecule has 0 radical (unpaired) electrons. The molecule has 0 unspecified atom stereocenters. The first-order valence-corrected chi connectivity index (χ1v) is 13.4. The number of amides is 1. The van der Waals surface area contributed by atoms with Crippen LogP contribution in [0.4, 0.5) is 20.1 Å². The number of benzene rings is 3. The number of hydrogen-bond donors (Lipinski definition) is 1. The monoisotopic (exact) mass is 509 g/mol. The Bertz CT molecular complexity index is 1370. The molecule has 3 aromatic carbocycles. The molecule has 188 valence electrons. The molecule has 1 amide bonds. The van der Waals surface area contributed by atoms with Crippen molar-refractivity contribution in [2.24, 2.45) is 0 Å². The molecule has 5 rings (SSSR count). The number of nitrogen functional groups attached to an aromatic ring is 1. The van der Waals surface area contributed by atoms with Crippen molar-refractivity contribution >= 4 is 27.7 Å². The number of carbonyl (C=O) groups excluding carboxylic acids is 1. The van der Waals surface area contributed by atoms with Crippen LogP contribution in [0, 0.1) is 6.92 Å². The fourth-order valence-electron chi connectivity index (χ4n) is 5.26. The third-order valence-electron chi connectivity index (χ3n) is 7.05. The average Bonchev–Trinajstić information content (AvgIpc) is 3.17. The number of piperazine rings is 1. The molecule has 1 aliphatic heterocycles. The first kappa shape index (κ1) is 24.1. The topological polar surface area (TPSA) is 92.9 Å². The summed E-state index contributed by atoms with van der Waals surface area (Å²) in [5.74, 6) is -0.709. The number of hydrogen-bond acceptors (Lipinski definition) is 6. The number of halogens is 1. The van der Waals surface area contributed by atoms with Gasteiger partial charge in [-0.1, -0.05) is 48.5 Å². The van der Waals surface area contributed by atoms with Crippen molar-refractivity contribution in [2.45, 2.75) is 18.6 Å². The molecule has 1 saturated heterocycles. The van der Waals surface area contributed by atoms with Crippen molar-refractivity contribution in [1.82, 2.24) is 4.90 Å². The summed E-state index contributed by atoms with van der Waals surface area (Å²) >= 11 is 0. The Kier molecular flexibility index (Phi) is 6.34. The molecule has 0 aromatic heterocycles. The average molecular weight is 510 g/mol. The number of fused-ring (bicyclic) bond motifs is 3. The smallest absolute Gasteiger partial charge is 0.409 e. The number of ether oxygens (including phenoxy) is 1. The summed E-state index contributed by atoms with van der Waals surface area (Å²) in [6.07, 6.45) is -0.356. The van der Waals surface area contributed by atoms with Gasteiger partial charge in [0.15, 0.2) is 0 Å². The largest absolute Gasteiger partial charge is 0.448 e. The minimum Gasteiger partial charge on any atom is -0.448 e. The van der Waals surface area contributed by atoms with Gasteiger partial charge in [-0.3, -0.25) is 0 Å². The standard InChI is InChI=1S/C27H28FN3O4S/c1-18-19(17-36(28,33)34)14-20(29)15-26(18)30-10-12-31(13-11-30)27(32)35-16-25-23-8-4-2-6-21(23)22-7-3-5-9-24(22)25/h2-9,14-15,25H,10-13,16-17,29H2,1H3. The van der Waals surface area contributed by atoms with Crippen LogP contribution < -0.4 is 10.6 Å². The van der Waals surface area contributed by atoms with E-state index in [0.29, 0.717) is 43.0 Å². The highest BCUT2D eigenvalue weighted by Crippen LogP contribution is 2.44. The molecule has 0 bridgehead atoms. The SMILES string of the molecule is Cc1c(CS(=O)(=O)F)cc(N)cc1N1CCN(C(=O)OCC2c3ccccc3-c3ccccc32)CC1. The van der Waals surface area contributed by atoms with Gasteiger partial charge >= 0.3 is 16.3 Å². The van der Waals surface area contributed by atoms with Gasteiger partial charge < -0.3 is 20.3 Å². The van der Waals surface area contributed by atoms with Gasteiger partial charge in [0, 0.05) is 43.5 Å². The Labute approximate surface area is 210 Å². The molecule has 1 aliphatic carbocycles. The molecule has 1 heterocycles. The van der Waals surface area contributed by atoms with Gasteiger partial charge in [-0.05, 0) is 52.4 Å². The lowest BCUT2D eigenvalue weighted by atomic mass is 9.98. The number of carbonyl (C=O) groups is 1. The van der Waals surface area contributed by atoms with Crippen LogP contribution in [0.3, 0.4) is 0 Å². The Morgan fingerprint density at radius 2 is 1.58 bits per heavy atom. The Balaban J connectivity index is 1.23. The van der Waals surface area contributed by atoms with Crippen LogP contribution >= 0.6 is 0 Å². The molecular formula is C27H28FN3O4S. The zero-order chi connectivity index (χ0) is 25.4. The molecule has 9 heteroatoms. The van der Waals surface area contributed by atoms with E-state index in [9.17, 15) is 17.1 Å². The van der Waals surface area contributed by atoms with Crippen LogP contribution in [0.15, 0.2) is 60.7 Å². The number of nitrogens with zero attached hydrogens (tertiary/aromatic N) is 2. The third-order valence-corrected chi connectivity index (χ3v) is 7.71. The lowest BCUT2D eigenvalue weighted by molar-refractivity contribution is 0.0977. The quantitative estimate of drug-likeness (QED) is 0.404. The lowest BCUT2D eigenvalue weighted by Crippen LogP contribution is -2.49. The van der Waals surface area contributed by atoms with Crippen molar-refractivity contribution in [1.29, 1.82) is 0 Å². The Morgan fingerprint density at radius 1 is 1.00 bits per heavy atom. The van der Waals surface area contributed by atoms with Gasteiger partial charge in [-0.15, -0.1) is 3.89 Å². The molecule has 3 aromatic rings. The van der Waals surface area contributed by atoms with Gasteiger partial charge in [0.1, 0.15) is 12.4 Å². The minimum absolute atomic E-state index is 0.00258. The van der Waals surface area contributed by atoms with Gasteiger partial charge in [-0.2, -0.15) is 8.42 Å². The zero-order valence-electron chi connectivity index (χ0n) is 20.0. The van der Waals surface area contributed by atoms with E-state index in [4.69, 9.17) is 10.5 Å². The molecule has 2 N–H and O–H groups in total. The van der Waals surface area contributed by atoms with Gasteiger partial charge in [-0.25, -0.2) is 4.79 Å². The highest BCUT2D eigenvalue weighted by atomic mass is 32.3. The van der Waals surface area contributed by atoms with E-state index in [1.165, 1.54) is 28.3 Å². The van der Waals surface area contributed by atoms with Crippen molar-refractivity contribution < 1.29 is 21.8 Å². The van der Waals surface area contributed by atoms with Crippen LogP contribution in [0.2, 0.25) is 0 Å². The van der Waals surface area contributed by atoms with E-state index in [1.54, 1.807) is 17.9 Å². The lowest BCUT2D eigenvalue weighted by Gasteiger charge is -2.36. The third kappa shape index (κ3) is 4.75. The highest BCUT2D eigenvalue weighted by molar-refractivity contribution is 7.85. The number of anilines is 2. The summed E-state index contributed by atoms with van der Waals surface area (Å²) in [4.78, 5) is 16.6. The van der Waals surface area contributed by atoms with Crippen molar-refractivity contribution in [3.63, 3.8) is 0 Å². The first-order chi connectivity index (χ1) is 17.2. The van der Waals surface area contributed by atoms with E-state index < -0.39 is 16.0 Å². The van der Waals surface area contributed by atoms with E-state index >= 15 is 0 Å². The first-order valence-electron chi connectivity index (χ1n) is 11.9. The van der Waals surface area contributed by atoms with Gasteiger partial charge in [0.05, 0.1) is 0 Å². The summed E-state index contributed by atoms with van der Waals surface area (Å²) in [7, 11) is -4.68.